The Morgan fingerprint density at radius 1 is 1.60 bits per heavy atom. The molecule has 6 nitrogen and oxygen atoms in total. The number of hydrogen-bond donors (Lipinski definition) is 2. The molecule has 15 heavy (non-hydrogen) atoms. The van der Waals surface area contributed by atoms with Gasteiger partial charge in [-0.1, -0.05) is 5.21 Å². The monoisotopic (exact) mass is 206 g/mol. The van der Waals surface area contributed by atoms with Crippen molar-refractivity contribution in [1.82, 2.24) is 30.5 Å². The molecule has 2 N–H and O–H groups in total. The van der Waals surface area contributed by atoms with Crippen molar-refractivity contribution >= 4 is 0 Å². The molecule has 0 spiro atoms. The van der Waals surface area contributed by atoms with Gasteiger partial charge in [0.15, 0.2) is 5.82 Å². The summed E-state index contributed by atoms with van der Waals surface area (Å²) in [6.45, 7) is 2.80. The molecule has 0 fully saturated rings. The van der Waals surface area contributed by atoms with E-state index in [1.54, 1.807) is 0 Å². The van der Waals surface area contributed by atoms with Gasteiger partial charge in [0, 0.05) is 25.5 Å². The van der Waals surface area contributed by atoms with E-state index in [4.69, 9.17) is 0 Å². The van der Waals surface area contributed by atoms with Gasteiger partial charge in [-0.25, -0.2) is 0 Å². The molecule has 0 saturated carbocycles. The Labute approximate surface area is 87.7 Å². The Morgan fingerprint density at radius 2 is 2.47 bits per heavy atom. The van der Waals surface area contributed by atoms with E-state index >= 15 is 0 Å². The molecule has 0 aromatic carbocycles. The van der Waals surface area contributed by atoms with Gasteiger partial charge in [0.25, 0.3) is 0 Å². The molecule has 2 rings (SSSR count). The van der Waals surface area contributed by atoms with Gasteiger partial charge in [-0.15, -0.1) is 10.2 Å². The molecule has 80 valence electrons. The minimum atomic E-state index is 0.0960. The molecule has 0 aliphatic rings. The van der Waals surface area contributed by atoms with Crippen molar-refractivity contribution in [2.75, 3.05) is 0 Å². The maximum absolute atomic E-state index is 3.92. The summed E-state index contributed by atoms with van der Waals surface area (Å²) in [5.41, 5.74) is 1.23. The summed E-state index contributed by atoms with van der Waals surface area (Å²) in [5, 5.41) is 17.1. The van der Waals surface area contributed by atoms with Gasteiger partial charge in [-0.05, 0) is 19.1 Å². The highest BCUT2D eigenvalue weighted by Gasteiger charge is 2.09. The van der Waals surface area contributed by atoms with Crippen LogP contribution in [-0.2, 0) is 13.6 Å². The molecule has 0 aliphatic carbocycles. The van der Waals surface area contributed by atoms with Crippen molar-refractivity contribution in [1.29, 1.82) is 0 Å². The van der Waals surface area contributed by atoms with Crippen molar-refractivity contribution in [2.45, 2.75) is 19.5 Å². The molecule has 0 saturated heterocycles. The molecular weight excluding hydrogens is 192 g/mol. The van der Waals surface area contributed by atoms with Crippen molar-refractivity contribution in [3.8, 4) is 0 Å². The second-order valence-electron chi connectivity index (χ2n) is 3.48. The van der Waals surface area contributed by atoms with Gasteiger partial charge in [0.2, 0.25) is 0 Å². The minimum absolute atomic E-state index is 0.0960. The normalized spacial score (nSPS) is 12.9. The third-order valence-corrected chi connectivity index (χ3v) is 2.39. The number of rotatable bonds is 4. The highest BCUT2D eigenvalue weighted by molar-refractivity contribution is 5.06. The van der Waals surface area contributed by atoms with E-state index in [1.807, 2.05) is 26.2 Å². The first-order valence-corrected chi connectivity index (χ1v) is 4.84. The first-order valence-electron chi connectivity index (χ1n) is 4.84. The number of tetrazole rings is 1. The SMILES string of the molecule is CC(NCc1cccn1C)c1nn[nH]n1. The van der Waals surface area contributed by atoms with Crippen LogP contribution in [0.15, 0.2) is 18.3 Å². The van der Waals surface area contributed by atoms with Gasteiger partial charge in [-0.3, -0.25) is 0 Å². The largest absolute Gasteiger partial charge is 0.353 e. The third kappa shape index (κ3) is 2.21. The van der Waals surface area contributed by atoms with Crippen molar-refractivity contribution in [3.05, 3.63) is 29.8 Å². The highest BCUT2D eigenvalue weighted by Crippen LogP contribution is 2.06. The summed E-state index contributed by atoms with van der Waals surface area (Å²) < 4.78 is 2.08. The molecule has 2 heterocycles. The summed E-state index contributed by atoms with van der Waals surface area (Å²) in [6.07, 6.45) is 2.02. The van der Waals surface area contributed by atoms with Crippen LogP contribution in [0.3, 0.4) is 0 Å². The second-order valence-corrected chi connectivity index (χ2v) is 3.48. The second kappa shape index (κ2) is 4.22. The van der Waals surface area contributed by atoms with E-state index in [1.165, 1.54) is 5.69 Å². The molecule has 6 heteroatoms. The lowest BCUT2D eigenvalue weighted by Gasteiger charge is -2.10. The molecular formula is C9H14N6. The Kier molecular flexibility index (Phi) is 2.77. The summed E-state index contributed by atoms with van der Waals surface area (Å²) in [7, 11) is 2.02. The summed E-state index contributed by atoms with van der Waals surface area (Å²) in [6, 6.07) is 4.20. The topological polar surface area (TPSA) is 71.4 Å². The van der Waals surface area contributed by atoms with Crippen LogP contribution >= 0.6 is 0 Å². The maximum Gasteiger partial charge on any atom is 0.191 e. The van der Waals surface area contributed by atoms with E-state index in [-0.39, 0.29) is 6.04 Å². The van der Waals surface area contributed by atoms with E-state index < -0.39 is 0 Å². The number of H-pyrrole nitrogens is 1. The van der Waals surface area contributed by atoms with Gasteiger partial charge in [0.1, 0.15) is 0 Å². The minimum Gasteiger partial charge on any atom is -0.353 e. The van der Waals surface area contributed by atoms with Crippen LogP contribution in [0.25, 0.3) is 0 Å². The zero-order valence-corrected chi connectivity index (χ0v) is 8.81. The first-order chi connectivity index (χ1) is 7.27. The summed E-state index contributed by atoms with van der Waals surface area (Å²) >= 11 is 0. The smallest absolute Gasteiger partial charge is 0.191 e. The summed E-state index contributed by atoms with van der Waals surface area (Å²) in [5.74, 6) is 0.684. The Bertz CT molecular complexity index is 404. The molecule has 1 unspecified atom stereocenters. The molecule has 1 atom stereocenters. The lowest BCUT2D eigenvalue weighted by molar-refractivity contribution is 0.533. The van der Waals surface area contributed by atoms with E-state index in [2.05, 4.69) is 36.6 Å². The van der Waals surface area contributed by atoms with Crippen molar-refractivity contribution in [2.24, 2.45) is 7.05 Å². The van der Waals surface area contributed by atoms with Gasteiger partial charge in [0.05, 0.1) is 6.04 Å². The first kappa shape index (κ1) is 9.85. The average Bonchev–Trinajstić information content (AvgIpc) is 2.85. The molecule has 0 aliphatic heterocycles. The molecule has 0 amide bonds. The number of hydrogen-bond acceptors (Lipinski definition) is 4. The van der Waals surface area contributed by atoms with Crippen LogP contribution in [0.2, 0.25) is 0 Å². The zero-order valence-electron chi connectivity index (χ0n) is 8.81. The fourth-order valence-electron chi connectivity index (χ4n) is 1.38. The Morgan fingerprint density at radius 3 is 3.07 bits per heavy atom. The zero-order chi connectivity index (χ0) is 10.7. The van der Waals surface area contributed by atoms with Crippen molar-refractivity contribution in [3.63, 3.8) is 0 Å². The van der Waals surface area contributed by atoms with Crippen LogP contribution in [-0.4, -0.2) is 25.2 Å². The van der Waals surface area contributed by atoms with Crippen LogP contribution in [0.4, 0.5) is 0 Å². The van der Waals surface area contributed by atoms with Gasteiger partial charge in [-0.2, -0.15) is 5.21 Å². The molecule has 2 aromatic heterocycles. The van der Waals surface area contributed by atoms with Crippen LogP contribution in [0.5, 0.6) is 0 Å². The number of nitrogens with zero attached hydrogens (tertiary/aromatic N) is 4. The standard InChI is InChI=1S/C9H14N6/c1-7(9-11-13-14-12-9)10-6-8-4-3-5-15(8)2/h3-5,7,10H,6H2,1-2H3,(H,11,12,13,14). The Hall–Kier alpha value is -1.69. The van der Waals surface area contributed by atoms with E-state index in [0.29, 0.717) is 5.82 Å². The predicted octanol–water partition coefficient (Wildman–Crippen LogP) is 0.389. The average molecular weight is 206 g/mol. The lowest BCUT2D eigenvalue weighted by Crippen LogP contribution is -2.20. The predicted molar refractivity (Wildman–Crippen MR) is 54.8 cm³/mol. The number of aryl methyl sites for hydroxylation is 1. The van der Waals surface area contributed by atoms with Crippen molar-refractivity contribution < 1.29 is 0 Å². The fourth-order valence-corrected chi connectivity index (χ4v) is 1.38. The number of aromatic amines is 1. The van der Waals surface area contributed by atoms with Gasteiger partial charge >= 0.3 is 0 Å². The van der Waals surface area contributed by atoms with Crippen LogP contribution < -0.4 is 5.32 Å². The Balaban J connectivity index is 1.91. The lowest BCUT2D eigenvalue weighted by atomic mass is 10.3. The quantitative estimate of drug-likeness (QED) is 0.759. The molecule has 2 aromatic rings. The molecule has 0 radical (unpaired) electrons. The highest BCUT2D eigenvalue weighted by atomic mass is 15.5. The molecule has 0 bridgehead atoms. The van der Waals surface area contributed by atoms with Crippen LogP contribution in [0, 0.1) is 0 Å². The number of aromatic nitrogens is 5. The third-order valence-electron chi connectivity index (χ3n) is 2.39. The maximum atomic E-state index is 3.92. The van der Waals surface area contributed by atoms with E-state index in [0.717, 1.165) is 6.54 Å². The van der Waals surface area contributed by atoms with E-state index in [9.17, 15) is 0 Å². The number of nitrogens with one attached hydrogen (secondary N) is 2. The van der Waals surface area contributed by atoms with Crippen LogP contribution in [0.1, 0.15) is 24.5 Å². The summed E-state index contributed by atoms with van der Waals surface area (Å²) in [4.78, 5) is 0. The van der Waals surface area contributed by atoms with Gasteiger partial charge < -0.3 is 9.88 Å². The fraction of sp³-hybridized carbons (Fsp3) is 0.444.